The first kappa shape index (κ1) is 15.8. The fourth-order valence-corrected chi connectivity index (χ4v) is 2.77. The first-order chi connectivity index (χ1) is 9.85. The highest BCUT2D eigenvalue weighted by molar-refractivity contribution is 5.99. The molecule has 0 aliphatic carbocycles. The van der Waals surface area contributed by atoms with Crippen molar-refractivity contribution in [1.82, 2.24) is 9.80 Å². The van der Waals surface area contributed by atoms with Crippen LogP contribution in [0.3, 0.4) is 0 Å². The second-order valence-electron chi connectivity index (χ2n) is 6.54. The summed E-state index contributed by atoms with van der Waals surface area (Å²) < 4.78 is 0. The molecule has 1 amide bonds. The summed E-state index contributed by atoms with van der Waals surface area (Å²) in [4.78, 5) is 17.2. The maximum absolute atomic E-state index is 12.9. The molecule has 1 aliphatic rings. The molecule has 1 N–H and O–H groups in total. The van der Waals surface area contributed by atoms with Gasteiger partial charge < -0.3 is 10.2 Å². The number of anilines is 1. The molecule has 0 spiro atoms. The van der Waals surface area contributed by atoms with Crippen LogP contribution in [0.1, 0.15) is 36.7 Å². The molecule has 0 unspecified atom stereocenters. The molecule has 4 nitrogen and oxygen atoms in total. The zero-order valence-corrected chi connectivity index (χ0v) is 13.9. The molecule has 1 saturated heterocycles. The number of nitrogens with zero attached hydrogens (tertiary/aromatic N) is 2. The summed E-state index contributed by atoms with van der Waals surface area (Å²) in [5.41, 5.74) is 2.92. The molecule has 1 aromatic rings. The lowest BCUT2D eigenvalue weighted by atomic mass is 9.98. The molecule has 1 aromatic carbocycles. The third-order valence-electron chi connectivity index (χ3n) is 4.38. The van der Waals surface area contributed by atoms with Gasteiger partial charge in [-0.3, -0.25) is 9.69 Å². The van der Waals surface area contributed by atoms with Crippen molar-refractivity contribution in [2.75, 3.05) is 38.5 Å². The Labute approximate surface area is 128 Å². The third-order valence-corrected chi connectivity index (χ3v) is 4.38. The monoisotopic (exact) mass is 289 g/mol. The van der Waals surface area contributed by atoms with Crippen LogP contribution in [0, 0.1) is 6.92 Å². The lowest BCUT2D eigenvalue weighted by molar-refractivity contribution is 0.0312. The van der Waals surface area contributed by atoms with E-state index in [1.54, 1.807) is 0 Å². The zero-order valence-electron chi connectivity index (χ0n) is 13.9. The van der Waals surface area contributed by atoms with Crippen molar-refractivity contribution >= 4 is 11.6 Å². The Balaban J connectivity index is 2.24. The molecular formula is C17H27N3O. The maximum Gasteiger partial charge on any atom is 0.256 e. The second kappa shape index (κ2) is 6.06. The average molecular weight is 289 g/mol. The number of aryl methyl sites for hydroxylation is 1. The van der Waals surface area contributed by atoms with E-state index in [1.807, 2.05) is 24.0 Å². The Morgan fingerprint density at radius 3 is 2.67 bits per heavy atom. The number of rotatable bonds is 3. The van der Waals surface area contributed by atoms with E-state index in [1.165, 1.54) is 5.56 Å². The Morgan fingerprint density at radius 1 is 1.33 bits per heavy atom. The van der Waals surface area contributed by atoms with Crippen LogP contribution < -0.4 is 5.32 Å². The van der Waals surface area contributed by atoms with Gasteiger partial charge in [-0.25, -0.2) is 0 Å². The summed E-state index contributed by atoms with van der Waals surface area (Å²) in [6.45, 7) is 11.8. The predicted molar refractivity (Wildman–Crippen MR) is 88.0 cm³/mol. The lowest BCUT2D eigenvalue weighted by Gasteiger charge is -2.45. The molecule has 21 heavy (non-hydrogen) atoms. The smallest absolute Gasteiger partial charge is 0.256 e. The number of carbonyl (C=O) groups is 1. The Bertz CT molecular complexity index is 525. The van der Waals surface area contributed by atoms with Crippen molar-refractivity contribution in [3.05, 3.63) is 29.3 Å². The number of nitrogens with one attached hydrogen (secondary N) is 1. The summed E-state index contributed by atoms with van der Waals surface area (Å²) in [6, 6.07) is 6.01. The van der Waals surface area contributed by atoms with Crippen LogP contribution in [0.15, 0.2) is 18.2 Å². The van der Waals surface area contributed by atoms with Crippen LogP contribution in [-0.2, 0) is 0 Å². The topological polar surface area (TPSA) is 35.6 Å². The summed E-state index contributed by atoms with van der Waals surface area (Å²) in [5, 5.41) is 3.31. The van der Waals surface area contributed by atoms with Crippen LogP contribution in [0.4, 0.5) is 5.69 Å². The number of piperazine rings is 1. The first-order valence-electron chi connectivity index (χ1n) is 7.70. The summed E-state index contributed by atoms with van der Waals surface area (Å²) in [5.74, 6) is 0.132. The highest BCUT2D eigenvalue weighted by atomic mass is 16.2. The largest absolute Gasteiger partial charge is 0.385 e. The minimum Gasteiger partial charge on any atom is -0.385 e. The van der Waals surface area contributed by atoms with E-state index >= 15 is 0 Å². The predicted octanol–water partition coefficient (Wildman–Crippen LogP) is 2.59. The van der Waals surface area contributed by atoms with Crippen LogP contribution in [0.5, 0.6) is 0 Å². The van der Waals surface area contributed by atoms with Gasteiger partial charge in [0.1, 0.15) is 0 Å². The number of carbonyl (C=O) groups excluding carboxylic acids is 1. The van der Waals surface area contributed by atoms with Crippen molar-refractivity contribution < 1.29 is 4.79 Å². The average Bonchev–Trinajstić information content (AvgIpc) is 2.42. The Morgan fingerprint density at radius 2 is 2.05 bits per heavy atom. The maximum atomic E-state index is 12.9. The van der Waals surface area contributed by atoms with Gasteiger partial charge in [-0.05, 0) is 52.4 Å². The second-order valence-corrected chi connectivity index (χ2v) is 6.54. The summed E-state index contributed by atoms with van der Waals surface area (Å²) in [6.07, 6.45) is 0. The van der Waals surface area contributed by atoms with Crippen LogP contribution in [-0.4, -0.2) is 54.5 Å². The fraction of sp³-hybridized carbons (Fsp3) is 0.588. The molecule has 1 aliphatic heterocycles. The van der Waals surface area contributed by atoms with Gasteiger partial charge in [0.05, 0.1) is 5.56 Å². The van der Waals surface area contributed by atoms with E-state index in [0.717, 1.165) is 37.4 Å². The lowest BCUT2D eigenvalue weighted by Crippen LogP contribution is -2.58. The van der Waals surface area contributed by atoms with Crippen LogP contribution in [0.25, 0.3) is 0 Å². The standard InChI is InChI=1S/C17H27N3O/c1-6-18-15-11-13(2)7-8-14(15)16(21)20-10-9-19(5)17(3,4)12-20/h7-8,11,18H,6,9-10,12H2,1-5H3. The van der Waals surface area contributed by atoms with Gasteiger partial charge in [0, 0.05) is 37.4 Å². The molecule has 2 rings (SSSR count). The fourth-order valence-electron chi connectivity index (χ4n) is 2.77. The molecular weight excluding hydrogens is 262 g/mol. The third kappa shape index (κ3) is 3.38. The number of amides is 1. The van der Waals surface area contributed by atoms with E-state index in [2.05, 4.69) is 44.1 Å². The minimum atomic E-state index is 0.0248. The van der Waals surface area contributed by atoms with Gasteiger partial charge in [-0.15, -0.1) is 0 Å². The SMILES string of the molecule is CCNc1cc(C)ccc1C(=O)N1CCN(C)C(C)(C)C1. The quantitative estimate of drug-likeness (QED) is 0.929. The van der Waals surface area contributed by atoms with E-state index in [-0.39, 0.29) is 11.4 Å². The zero-order chi connectivity index (χ0) is 15.6. The van der Waals surface area contributed by atoms with Crippen molar-refractivity contribution in [2.24, 2.45) is 0 Å². The minimum absolute atomic E-state index is 0.0248. The number of hydrogen-bond donors (Lipinski definition) is 1. The molecule has 1 fully saturated rings. The van der Waals surface area contributed by atoms with Crippen molar-refractivity contribution in [2.45, 2.75) is 33.2 Å². The number of benzene rings is 1. The highest BCUT2D eigenvalue weighted by Gasteiger charge is 2.34. The normalized spacial score (nSPS) is 18.6. The van der Waals surface area contributed by atoms with E-state index < -0.39 is 0 Å². The number of hydrogen-bond acceptors (Lipinski definition) is 3. The molecule has 0 radical (unpaired) electrons. The molecule has 0 atom stereocenters. The van der Waals surface area contributed by atoms with E-state index in [4.69, 9.17) is 0 Å². The van der Waals surface area contributed by atoms with Gasteiger partial charge in [0.15, 0.2) is 0 Å². The van der Waals surface area contributed by atoms with Crippen LogP contribution >= 0.6 is 0 Å². The van der Waals surface area contributed by atoms with Crippen molar-refractivity contribution in [3.63, 3.8) is 0 Å². The van der Waals surface area contributed by atoms with Crippen LogP contribution in [0.2, 0.25) is 0 Å². The molecule has 0 bridgehead atoms. The van der Waals surface area contributed by atoms with Gasteiger partial charge in [-0.2, -0.15) is 0 Å². The Kier molecular flexibility index (Phi) is 4.57. The summed E-state index contributed by atoms with van der Waals surface area (Å²) >= 11 is 0. The van der Waals surface area contributed by atoms with Gasteiger partial charge in [0.25, 0.3) is 5.91 Å². The molecule has 4 heteroatoms. The van der Waals surface area contributed by atoms with Gasteiger partial charge in [-0.1, -0.05) is 6.07 Å². The van der Waals surface area contributed by atoms with Gasteiger partial charge >= 0.3 is 0 Å². The van der Waals surface area contributed by atoms with Crippen molar-refractivity contribution in [3.8, 4) is 0 Å². The molecule has 116 valence electrons. The van der Waals surface area contributed by atoms with E-state index in [9.17, 15) is 4.79 Å². The highest BCUT2D eigenvalue weighted by Crippen LogP contribution is 2.24. The molecule has 0 saturated carbocycles. The van der Waals surface area contributed by atoms with Gasteiger partial charge in [0.2, 0.25) is 0 Å². The summed E-state index contributed by atoms with van der Waals surface area (Å²) in [7, 11) is 2.12. The van der Waals surface area contributed by atoms with E-state index in [0.29, 0.717) is 0 Å². The van der Waals surface area contributed by atoms with Crippen molar-refractivity contribution in [1.29, 1.82) is 0 Å². The Hall–Kier alpha value is -1.55. The molecule has 0 aromatic heterocycles. The first-order valence-corrected chi connectivity index (χ1v) is 7.70. The molecule has 1 heterocycles. The number of likely N-dealkylation sites (N-methyl/N-ethyl adjacent to an activating group) is 1.